The van der Waals surface area contributed by atoms with E-state index in [1.54, 1.807) is 14.2 Å². The summed E-state index contributed by atoms with van der Waals surface area (Å²) >= 11 is 0. The lowest BCUT2D eigenvalue weighted by Crippen LogP contribution is -2.53. The van der Waals surface area contributed by atoms with Gasteiger partial charge in [-0.3, -0.25) is 9.79 Å². The highest BCUT2D eigenvalue weighted by atomic mass is 16.5. The molecule has 2 aromatic carbocycles. The third-order valence-corrected chi connectivity index (χ3v) is 4.95. The van der Waals surface area contributed by atoms with Gasteiger partial charge in [0.05, 0.1) is 13.7 Å². The number of nitrogens with one attached hydrogen (secondary N) is 2. The molecule has 1 heterocycles. The Balaban J connectivity index is 1.44. The van der Waals surface area contributed by atoms with E-state index in [0.29, 0.717) is 6.54 Å². The van der Waals surface area contributed by atoms with Crippen LogP contribution in [0.2, 0.25) is 0 Å². The minimum atomic E-state index is -0.0509. The summed E-state index contributed by atoms with van der Waals surface area (Å²) in [7, 11) is 3.43. The van der Waals surface area contributed by atoms with Gasteiger partial charge in [0.15, 0.2) is 5.96 Å². The minimum absolute atomic E-state index is 0.0509. The number of ether oxygens (including phenoxy) is 1. The van der Waals surface area contributed by atoms with E-state index in [0.717, 1.165) is 49.1 Å². The lowest BCUT2D eigenvalue weighted by atomic mass is 10.2. The monoisotopic (exact) mass is 395 g/mol. The van der Waals surface area contributed by atoms with Gasteiger partial charge in [0, 0.05) is 51.5 Å². The number of hydrogen-bond donors (Lipinski definition) is 2. The first kappa shape index (κ1) is 20.5. The zero-order valence-electron chi connectivity index (χ0n) is 17.1. The number of carbonyl (C=O) groups is 1. The SMILES string of the molecule is CN=C(NCC(=O)NCc1ccccc1)N1CCN(c2cccc(OC)c2)CC1. The van der Waals surface area contributed by atoms with Gasteiger partial charge in [-0.2, -0.15) is 0 Å². The van der Waals surface area contributed by atoms with E-state index in [-0.39, 0.29) is 12.5 Å². The van der Waals surface area contributed by atoms with Crippen molar-refractivity contribution in [1.82, 2.24) is 15.5 Å². The first-order valence-electron chi connectivity index (χ1n) is 9.85. The van der Waals surface area contributed by atoms with Crippen LogP contribution in [0.25, 0.3) is 0 Å². The summed E-state index contributed by atoms with van der Waals surface area (Å²) in [6.45, 7) is 4.17. The van der Waals surface area contributed by atoms with Crippen molar-refractivity contribution in [3.63, 3.8) is 0 Å². The van der Waals surface area contributed by atoms with E-state index in [1.807, 2.05) is 42.5 Å². The Morgan fingerprint density at radius 2 is 1.79 bits per heavy atom. The number of methoxy groups -OCH3 is 1. The molecule has 29 heavy (non-hydrogen) atoms. The second-order valence-electron chi connectivity index (χ2n) is 6.84. The number of anilines is 1. The molecule has 7 heteroatoms. The lowest BCUT2D eigenvalue weighted by Gasteiger charge is -2.37. The second kappa shape index (κ2) is 10.4. The van der Waals surface area contributed by atoms with Gasteiger partial charge >= 0.3 is 0 Å². The molecule has 0 bridgehead atoms. The quantitative estimate of drug-likeness (QED) is 0.576. The average molecular weight is 396 g/mol. The van der Waals surface area contributed by atoms with Gasteiger partial charge in [-0.05, 0) is 17.7 Å². The van der Waals surface area contributed by atoms with E-state index in [9.17, 15) is 4.79 Å². The Morgan fingerprint density at radius 3 is 2.48 bits per heavy atom. The number of amides is 1. The van der Waals surface area contributed by atoms with E-state index in [4.69, 9.17) is 4.74 Å². The summed E-state index contributed by atoms with van der Waals surface area (Å²) in [6, 6.07) is 18.0. The van der Waals surface area contributed by atoms with Crippen molar-refractivity contribution in [1.29, 1.82) is 0 Å². The molecule has 0 saturated carbocycles. The van der Waals surface area contributed by atoms with Crippen LogP contribution in [0.4, 0.5) is 5.69 Å². The molecule has 0 aliphatic carbocycles. The van der Waals surface area contributed by atoms with Crippen LogP contribution in [0.1, 0.15) is 5.56 Å². The highest BCUT2D eigenvalue weighted by Crippen LogP contribution is 2.22. The molecule has 0 spiro atoms. The molecule has 1 fully saturated rings. The molecule has 2 N–H and O–H groups in total. The molecule has 1 amide bonds. The average Bonchev–Trinajstić information content (AvgIpc) is 2.79. The van der Waals surface area contributed by atoms with Crippen molar-refractivity contribution in [2.45, 2.75) is 6.54 Å². The van der Waals surface area contributed by atoms with Gasteiger partial charge in [-0.25, -0.2) is 0 Å². The number of aliphatic imine (C=N–C) groups is 1. The molecule has 0 radical (unpaired) electrons. The second-order valence-corrected chi connectivity index (χ2v) is 6.84. The fourth-order valence-electron chi connectivity index (χ4n) is 3.33. The van der Waals surface area contributed by atoms with Crippen LogP contribution in [-0.2, 0) is 11.3 Å². The number of hydrogen-bond acceptors (Lipinski definition) is 4. The maximum atomic E-state index is 12.1. The number of benzene rings is 2. The van der Waals surface area contributed by atoms with Gasteiger partial charge < -0.3 is 25.2 Å². The van der Waals surface area contributed by atoms with Crippen molar-refractivity contribution in [3.05, 3.63) is 60.2 Å². The van der Waals surface area contributed by atoms with Crippen LogP contribution < -0.4 is 20.3 Å². The molecule has 154 valence electrons. The molecular formula is C22H29N5O2. The lowest BCUT2D eigenvalue weighted by molar-refractivity contribution is -0.120. The number of piperazine rings is 1. The number of rotatable bonds is 6. The maximum absolute atomic E-state index is 12.1. The molecule has 2 aromatic rings. The predicted octanol–water partition coefficient (Wildman–Crippen LogP) is 1.71. The number of guanidine groups is 1. The fourth-order valence-corrected chi connectivity index (χ4v) is 3.33. The van der Waals surface area contributed by atoms with Crippen LogP contribution in [0.3, 0.4) is 0 Å². The third-order valence-electron chi connectivity index (χ3n) is 4.95. The molecule has 1 aliphatic heterocycles. The first-order valence-corrected chi connectivity index (χ1v) is 9.85. The highest BCUT2D eigenvalue weighted by molar-refractivity contribution is 5.86. The Bertz CT molecular complexity index is 817. The standard InChI is InChI=1S/C22H29N5O2/c1-23-22(25-17-21(28)24-16-18-7-4-3-5-8-18)27-13-11-26(12-14-27)19-9-6-10-20(15-19)29-2/h3-10,15H,11-14,16-17H2,1-2H3,(H,23,25)(H,24,28). The molecule has 7 nitrogen and oxygen atoms in total. The summed E-state index contributed by atoms with van der Waals surface area (Å²) in [5, 5.41) is 6.10. The third kappa shape index (κ3) is 5.88. The Labute approximate surface area is 172 Å². The van der Waals surface area contributed by atoms with Crippen LogP contribution in [0.5, 0.6) is 5.75 Å². The van der Waals surface area contributed by atoms with Crippen molar-refractivity contribution < 1.29 is 9.53 Å². The molecule has 1 aliphatic rings. The van der Waals surface area contributed by atoms with Crippen LogP contribution >= 0.6 is 0 Å². The topological polar surface area (TPSA) is 69.2 Å². The molecular weight excluding hydrogens is 366 g/mol. The van der Waals surface area contributed by atoms with E-state index < -0.39 is 0 Å². The normalized spacial score (nSPS) is 14.5. The zero-order chi connectivity index (χ0) is 20.5. The summed E-state index contributed by atoms with van der Waals surface area (Å²) < 4.78 is 5.32. The van der Waals surface area contributed by atoms with Crippen LogP contribution in [0.15, 0.2) is 59.6 Å². The molecule has 0 atom stereocenters. The smallest absolute Gasteiger partial charge is 0.239 e. The van der Waals surface area contributed by atoms with Crippen molar-refractivity contribution in [2.24, 2.45) is 4.99 Å². The van der Waals surface area contributed by atoms with Gasteiger partial charge in [0.2, 0.25) is 5.91 Å². The van der Waals surface area contributed by atoms with Gasteiger partial charge in [0.1, 0.15) is 5.75 Å². The Kier molecular flexibility index (Phi) is 7.33. The number of carbonyl (C=O) groups excluding carboxylic acids is 1. The summed E-state index contributed by atoms with van der Waals surface area (Å²) in [5.41, 5.74) is 2.24. The summed E-state index contributed by atoms with van der Waals surface area (Å²) in [4.78, 5) is 21.0. The van der Waals surface area contributed by atoms with E-state index in [1.165, 1.54) is 0 Å². The zero-order valence-corrected chi connectivity index (χ0v) is 17.1. The van der Waals surface area contributed by atoms with Crippen molar-refractivity contribution >= 4 is 17.6 Å². The van der Waals surface area contributed by atoms with Crippen molar-refractivity contribution in [2.75, 3.05) is 51.8 Å². The first-order chi connectivity index (χ1) is 14.2. The van der Waals surface area contributed by atoms with Gasteiger partial charge in [-0.15, -0.1) is 0 Å². The van der Waals surface area contributed by atoms with Crippen molar-refractivity contribution in [3.8, 4) is 5.75 Å². The van der Waals surface area contributed by atoms with Crippen LogP contribution in [0, 0.1) is 0 Å². The van der Waals surface area contributed by atoms with Gasteiger partial charge in [-0.1, -0.05) is 36.4 Å². The van der Waals surface area contributed by atoms with Gasteiger partial charge in [0.25, 0.3) is 0 Å². The predicted molar refractivity (Wildman–Crippen MR) is 116 cm³/mol. The van der Waals surface area contributed by atoms with E-state index in [2.05, 4.69) is 37.6 Å². The summed E-state index contributed by atoms with van der Waals surface area (Å²) in [6.07, 6.45) is 0. The molecule has 0 unspecified atom stereocenters. The largest absolute Gasteiger partial charge is 0.497 e. The molecule has 0 aromatic heterocycles. The van der Waals surface area contributed by atoms with E-state index >= 15 is 0 Å². The highest BCUT2D eigenvalue weighted by Gasteiger charge is 2.20. The number of nitrogens with zero attached hydrogens (tertiary/aromatic N) is 3. The molecule has 1 saturated heterocycles. The fraction of sp³-hybridized carbons (Fsp3) is 0.364. The summed E-state index contributed by atoms with van der Waals surface area (Å²) in [5.74, 6) is 1.57. The maximum Gasteiger partial charge on any atom is 0.239 e. The Hall–Kier alpha value is -3.22. The minimum Gasteiger partial charge on any atom is -0.497 e. The Morgan fingerprint density at radius 1 is 1.03 bits per heavy atom. The van der Waals surface area contributed by atoms with Crippen LogP contribution in [-0.4, -0.2) is 63.6 Å². The molecule has 3 rings (SSSR count).